The van der Waals surface area contributed by atoms with Crippen molar-refractivity contribution in [2.75, 3.05) is 13.2 Å². The predicted molar refractivity (Wildman–Crippen MR) is 117 cm³/mol. The van der Waals surface area contributed by atoms with E-state index in [0.717, 1.165) is 18.8 Å². The minimum atomic E-state index is -0.762. The van der Waals surface area contributed by atoms with Crippen molar-refractivity contribution in [1.82, 2.24) is 0 Å². The molecule has 0 aromatic heterocycles. The Morgan fingerprint density at radius 3 is 1.36 bits per heavy atom. The summed E-state index contributed by atoms with van der Waals surface area (Å²) in [6.45, 7) is 3.99. The smallest absolute Gasteiger partial charge is 0.306 e. The molecule has 0 fully saturated rings. The summed E-state index contributed by atoms with van der Waals surface area (Å²) >= 11 is 0. The van der Waals surface area contributed by atoms with Crippen molar-refractivity contribution < 1.29 is 19.7 Å². The van der Waals surface area contributed by atoms with Crippen LogP contribution in [0.3, 0.4) is 0 Å². The van der Waals surface area contributed by atoms with Crippen LogP contribution in [0.5, 0.6) is 0 Å². The lowest BCUT2D eigenvalue weighted by molar-refractivity contribution is -0.153. The van der Waals surface area contributed by atoms with E-state index in [-0.39, 0.29) is 19.2 Å². The van der Waals surface area contributed by atoms with Gasteiger partial charge in [-0.2, -0.15) is 0 Å². The molecule has 2 N–H and O–H groups in total. The standard InChI is InChI=1S/C24H48O4/c1-22(2)18-16-14-12-10-8-6-4-3-5-7-9-11-13-15-17-19-24(27)28-23(20-25)21-26/h22-23,25-26H,3-21H2,1-2H3. The molecule has 0 bridgehead atoms. The molecule has 0 saturated heterocycles. The van der Waals surface area contributed by atoms with Crippen molar-refractivity contribution in [3.8, 4) is 0 Å². The zero-order valence-corrected chi connectivity index (χ0v) is 18.8. The first-order valence-electron chi connectivity index (χ1n) is 12.0. The Morgan fingerprint density at radius 2 is 1.00 bits per heavy atom. The first-order valence-corrected chi connectivity index (χ1v) is 12.0. The van der Waals surface area contributed by atoms with Crippen LogP contribution in [0.2, 0.25) is 0 Å². The van der Waals surface area contributed by atoms with E-state index >= 15 is 0 Å². The fourth-order valence-corrected chi connectivity index (χ4v) is 3.50. The Labute approximate surface area is 174 Å². The number of aliphatic hydroxyl groups excluding tert-OH is 2. The van der Waals surface area contributed by atoms with Crippen LogP contribution in [0.4, 0.5) is 0 Å². The normalized spacial score (nSPS) is 11.5. The van der Waals surface area contributed by atoms with E-state index in [9.17, 15) is 4.79 Å². The molecule has 0 heterocycles. The van der Waals surface area contributed by atoms with Gasteiger partial charge in [0.15, 0.2) is 0 Å². The highest BCUT2D eigenvalue weighted by molar-refractivity contribution is 5.69. The number of ether oxygens (including phenoxy) is 1. The van der Waals surface area contributed by atoms with E-state index in [1.807, 2.05) is 0 Å². The molecule has 4 heteroatoms. The highest BCUT2D eigenvalue weighted by Gasteiger charge is 2.11. The summed E-state index contributed by atoms with van der Waals surface area (Å²) in [5.41, 5.74) is 0. The molecule has 0 aromatic rings. The summed E-state index contributed by atoms with van der Waals surface area (Å²) < 4.78 is 4.94. The van der Waals surface area contributed by atoms with Crippen molar-refractivity contribution in [2.45, 2.75) is 129 Å². The van der Waals surface area contributed by atoms with E-state index in [0.29, 0.717) is 6.42 Å². The lowest BCUT2D eigenvalue weighted by Crippen LogP contribution is -2.25. The van der Waals surface area contributed by atoms with Crippen LogP contribution in [0, 0.1) is 5.92 Å². The van der Waals surface area contributed by atoms with Gasteiger partial charge in [0.2, 0.25) is 0 Å². The van der Waals surface area contributed by atoms with Crippen LogP contribution in [-0.2, 0) is 9.53 Å². The maximum absolute atomic E-state index is 11.5. The van der Waals surface area contributed by atoms with E-state index < -0.39 is 6.10 Å². The monoisotopic (exact) mass is 400 g/mol. The fourth-order valence-electron chi connectivity index (χ4n) is 3.50. The molecule has 168 valence electrons. The third-order valence-corrected chi connectivity index (χ3v) is 5.37. The minimum absolute atomic E-state index is 0.316. The molecule has 0 atom stereocenters. The number of carbonyl (C=O) groups excluding carboxylic acids is 1. The molecular formula is C24H48O4. The maximum Gasteiger partial charge on any atom is 0.306 e. The molecule has 28 heavy (non-hydrogen) atoms. The highest BCUT2D eigenvalue weighted by Crippen LogP contribution is 2.15. The molecule has 0 saturated carbocycles. The Bertz CT molecular complexity index is 327. The van der Waals surface area contributed by atoms with Gasteiger partial charge in [-0.05, 0) is 12.3 Å². The predicted octanol–water partition coefficient (Wildman–Crippen LogP) is 6.17. The van der Waals surface area contributed by atoms with Gasteiger partial charge < -0.3 is 14.9 Å². The third-order valence-electron chi connectivity index (χ3n) is 5.37. The second-order valence-corrected chi connectivity index (χ2v) is 8.71. The zero-order valence-electron chi connectivity index (χ0n) is 18.8. The number of hydrogen-bond donors (Lipinski definition) is 2. The number of hydrogen-bond acceptors (Lipinski definition) is 4. The first-order chi connectivity index (χ1) is 13.6. The van der Waals surface area contributed by atoms with Crippen LogP contribution in [0.25, 0.3) is 0 Å². The molecule has 0 unspecified atom stereocenters. The van der Waals surface area contributed by atoms with Gasteiger partial charge in [-0.15, -0.1) is 0 Å². The summed E-state index contributed by atoms with van der Waals surface area (Å²) in [6.07, 6.45) is 20.6. The van der Waals surface area contributed by atoms with Gasteiger partial charge in [-0.3, -0.25) is 4.79 Å². The molecule has 0 spiro atoms. The van der Waals surface area contributed by atoms with E-state index in [1.54, 1.807) is 0 Å². The Balaban J connectivity index is 3.17. The van der Waals surface area contributed by atoms with E-state index in [4.69, 9.17) is 14.9 Å². The van der Waals surface area contributed by atoms with Crippen LogP contribution < -0.4 is 0 Å². The lowest BCUT2D eigenvalue weighted by Gasteiger charge is -2.12. The fraction of sp³-hybridized carbons (Fsp3) is 0.958. The summed E-state index contributed by atoms with van der Waals surface area (Å²) in [4.78, 5) is 11.5. The largest absolute Gasteiger partial charge is 0.457 e. The SMILES string of the molecule is CC(C)CCCCCCCCCCCCCCCCCC(=O)OC(CO)CO. The van der Waals surface area contributed by atoms with Gasteiger partial charge in [0.05, 0.1) is 13.2 Å². The Kier molecular flexibility index (Phi) is 20.6. The van der Waals surface area contributed by atoms with Crippen LogP contribution in [0.15, 0.2) is 0 Å². The number of esters is 1. The van der Waals surface area contributed by atoms with Gasteiger partial charge >= 0.3 is 5.97 Å². The van der Waals surface area contributed by atoms with Gasteiger partial charge in [0.25, 0.3) is 0 Å². The Morgan fingerprint density at radius 1 is 0.643 bits per heavy atom. The first kappa shape index (κ1) is 27.4. The second-order valence-electron chi connectivity index (χ2n) is 8.71. The van der Waals surface area contributed by atoms with Crippen molar-refractivity contribution >= 4 is 5.97 Å². The van der Waals surface area contributed by atoms with Gasteiger partial charge in [0, 0.05) is 6.42 Å². The summed E-state index contributed by atoms with van der Waals surface area (Å²) in [5, 5.41) is 17.7. The molecule has 0 aromatic carbocycles. The van der Waals surface area contributed by atoms with Crippen molar-refractivity contribution in [3.63, 3.8) is 0 Å². The molecule has 0 aliphatic heterocycles. The van der Waals surface area contributed by atoms with Crippen LogP contribution in [-0.4, -0.2) is 35.5 Å². The van der Waals surface area contributed by atoms with Crippen molar-refractivity contribution in [3.05, 3.63) is 0 Å². The third kappa shape index (κ3) is 20.1. The molecule has 4 nitrogen and oxygen atoms in total. The topological polar surface area (TPSA) is 66.8 Å². The van der Waals surface area contributed by atoms with E-state index in [2.05, 4.69) is 13.8 Å². The molecule has 0 aliphatic carbocycles. The summed E-state index contributed by atoms with van der Waals surface area (Å²) in [5.74, 6) is 0.547. The number of aliphatic hydroxyl groups is 2. The second kappa shape index (κ2) is 21.1. The molecule has 0 rings (SSSR count). The van der Waals surface area contributed by atoms with Gasteiger partial charge in [-0.1, -0.05) is 110 Å². The lowest BCUT2D eigenvalue weighted by atomic mass is 10.0. The molecule has 0 radical (unpaired) electrons. The van der Waals surface area contributed by atoms with Crippen molar-refractivity contribution in [2.24, 2.45) is 5.92 Å². The summed E-state index contributed by atoms with van der Waals surface area (Å²) in [7, 11) is 0. The molecular weight excluding hydrogens is 352 g/mol. The summed E-state index contributed by atoms with van der Waals surface area (Å²) in [6, 6.07) is 0. The number of unbranched alkanes of at least 4 members (excludes halogenated alkanes) is 14. The maximum atomic E-state index is 11.5. The van der Waals surface area contributed by atoms with Crippen LogP contribution >= 0.6 is 0 Å². The quantitative estimate of drug-likeness (QED) is 0.179. The number of carbonyl (C=O) groups is 1. The molecule has 0 amide bonds. The average Bonchev–Trinajstić information content (AvgIpc) is 2.68. The highest BCUT2D eigenvalue weighted by atomic mass is 16.6. The Hall–Kier alpha value is -0.610. The minimum Gasteiger partial charge on any atom is -0.457 e. The van der Waals surface area contributed by atoms with Gasteiger partial charge in [0.1, 0.15) is 6.10 Å². The van der Waals surface area contributed by atoms with Gasteiger partial charge in [-0.25, -0.2) is 0 Å². The molecule has 0 aliphatic rings. The average molecular weight is 401 g/mol. The zero-order chi connectivity index (χ0) is 20.9. The van der Waals surface area contributed by atoms with Crippen LogP contribution in [0.1, 0.15) is 123 Å². The van der Waals surface area contributed by atoms with E-state index in [1.165, 1.54) is 89.9 Å². The van der Waals surface area contributed by atoms with Crippen molar-refractivity contribution in [1.29, 1.82) is 0 Å². The number of rotatable bonds is 21.